The van der Waals surface area contributed by atoms with Gasteiger partial charge < -0.3 is 9.15 Å². The summed E-state index contributed by atoms with van der Waals surface area (Å²) in [6.07, 6.45) is 5.00. The fourth-order valence-electron chi connectivity index (χ4n) is 1.48. The summed E-state index contributed by atoms with van der Waals surface area (Å²) in [5.74, 6) is 1.95. The van der Waals surface area contributed by atoms with Crippen molar-refractivity contribution in [2.75, 3.05) is 6.61 Å². The van der Waals surface area contributed by atoms with Crippen LogP contribution in [0.4, 0.5) is 0 Å². The number of esters is 1. The molecule has 0 spiro atoms. The van der Waals surface area contributed by atoms with Gasteiger partial charge in [-0.2, -0.15) is 0 Å². The number of hydrogen-bond donors (Lipinski definition) is 0. The molecule has 0 aliphatic heterocycles. The van der Waals surface area contributed by atoms with Gasteiger partial charge in [-0.05, 0) is 24.3 Å². The second kappa shape index (κ2) is 6.23. The lowest BCUT2D eigenvalue weighted by atomic mass is 10.2. The molecule has 0 aliphatic carbocycles. The number of carbonyl (C=O) groups is 1. The zero-order valence-electron chi connectivity index (χ0n) is 9.95. The number of carbonyl (C=O) groups excluding carboxylic acids is 1. The number of terminal acetylenes is 1. The predicted molar refractivity (Wildman–Crippen MR) is 78.3 cm³/mol. The Labute approximate surface area is 130 Å². The average molecular weight is 330 g/mol. The number of hydrogen-bond acceptors (Lipinski definition) is 3. The van der Waals surface area contributed by atoms with Crippen LogP contribution in [-0.2, 0) is 4.74 Å². The van der Waals surface area contributed by atoms with E-state index >= 15 is 0 Å². The Morgan fingerprint density at radius 3 is 2.60 bits per heavy atom. The Morgan fingerprint density at radius 1 is 1.20 bits per heavy atom. The van der Waals surface area contributed by atoms with E-state index in [1.54, 1.807) is 12.1 Å². The van der Waals surface area contributed by atoms with Gasteiger partial charge in [0.15, 0.2) is 6.61 Å². The molecule has 1 aromatic carbocycles. The first-order valence-corrected chi connectivity index (χ1v) is 6.51. The molecule has 0 atom stereocenters. The fraction of sp³-hybridized carbons (Fsp3) is 0.0714. The van der Waals surface area contributed by atoms with E-state index in [4.69, 9.17) is 50.4 Å². The summed E-state index contributed by atoms with van der Waals surface area (Å²) in [5, 5.41) is 1.02. The molecular formula is C14H7Cl3O3. The summed E-state index contributed by atoms with van der Waals surface area (Å²) >= 11 is 17.8. The topological polar surface area (TPSA) is 39.4 Å². The van der Waals surface area contributed by atoms with Crippen LogP contribution in [0.5, 0.6) is 0 Å². The molecule has 20 heavy (non-hydrogen) atoms. The van der Waals surface area contributed by atoms with Crippen molar-refractivity contribution in [3.8, 4) is 23.7 Å². The van der Waals surface area contributed by atoms with Gasteiger partial charge in [-0.25, -0.2) is 4.79 Å². The van der Waals surface area contributed by atoms with Gasteiger partial charge in [0.05, 0.1) is 15.1 Å². The first-order chi connectivity index (χ1) is 9.52. The SMILES string of the molecule is C#CCOC(=O)c1ccc(-c2cc(Cl)c(Cl)cc2Cl)o1. The van der Waals surface area contributed by atoms with Crippen LogP contribution in [0.15, 0.2) is 28.7 Å². The zero-order valence-corrected chi connectivity index (χ0v) is 12.2. The maximum Gasteiger partial charge on any atom is 0.375 e. The molecule has 102 valence electrons. The first kappa shape index (κ1) is 14.8. The Balaban J connectivity index is 2.32. The number of furan rings is 1. The predicted octanol–water partition coefficient (Wildman–Crippen LogP) is 4.70. The molecule has 0 fully saturated rings. The van der Waals surface area contributed by atoms with E-state index in [2.05, 4.69) is 5.92 Å². The summed E-state index contributed by atoms with van der Waals surface area (Å²) in [7, 11) is 0. The van der Waals surface area contributed by atoms with Crippen LogP contribution < -0.4 is 0 Å². The van der Waals surface area contributed by atoms with E-state index in [0.717, 1.165) is 0 Å². The highest BCUT2D eigenvalue weighted by molar-refractivity contribution is 6.44. The normalized spacial score (nSPS) is 10.1. The third kappa shape index (κ3) is 3.10. The molecule has 0 saturated heterocycles. The van der Waals surface area contributed by atoms with E-state index < -0.39 is 5.97 Å². The second-order valence-corrected chi connectivity index (χ2v) is 4.91. The van der Waals surface area contributed by atoms with Crippen LogP contribution in [0, 0.1) is 12.3 Å². The molecule has 1 aromatic heterocycles. The van der Waals surface area contributed by atoms with Crippen LogP contribution in [0.25, 0.3) is 11.3 Å². The second-order valence-electron chi connectivity index (χ2n) is 3.69. The minimum absolute atomic E-state index is 0.0254. The summed E-state index contributed by atoms with van der Waals surface area (Å²) in [4.78, 5) is 11.6. The van der Waals surface area contributed by atoms with Gasteiger partial charge in [-0.3, -0.25) is 0 Å². The molecule has 6 heteroatoms. The first-order valence-electron chi connectivity index (χ1n) is 5.38. The molecule has 0 amide bonds. The summed E-state index contributed by atoms with van der Waals surface area (Å²) in [5.41, 5.74) is 0.525. The average Bonchev–Trinajstić information content (AvgIpc) is 2.89. The highest BCUT2D eigenvalue weighted by Gasteiger charge is 2.16. The van der Waals surface area contributed by atoms with E-state index in [1.165, 1.54) is 12.1 Å². The van der Waals surface area contributed by atoms with Crippen molar-refractivity contribution in [3.05, 3.63) is 45.1 Å². The minimum Gasteiger partial charge on any atom is -0.449 e. The van der Waals surface area contributed by atoms with Gasteiger partial charge >= 0.3 is 5.97 Å². The summed E-state index contributed by atoms with van der Waals surface area (Å²) in [6, 6.07) is 6.10. The molecule has 3 nitrogen and oxygen atoms in total. The third-order valence-corrected chi connectivity index (χ3v) is 3.40. The molecule has 2 rings (SSSR count). The number of benzene rings is 1. The van der Waals surface area contributed by atoms with Crippen molar-refractivity contribution in [2.45, 2.75) is 0 Å². The van der Waals surface area contributed by atoms with E-state index in [0.29, 0.717) is 26.4 Å². The van der Waals surface area contributed by atoms with Crippen molar-refractivity contribution >= 4 is 40.8 Å². The smallest absolute Gasteiger partial charge is 0.375 e. The Morgan fingerprint density at radius 2 is 1.90 bits per heavy atom. The van der Waals surface area contributed by atoms with E-state index in [9.17, 15) is 4.79 Å². The van der Waals surface area contributed by atoms with Crippen LogP contribution in [0.1, 0.15) is 10.6 Å². The third-order valence-electron chi connectivity index (χ3n) is 2.37. The van der Waals surface area contributed by atoms with Gasteiger partial charge in [0.25, 0.3) is 0 Å². The minimum atomic E-state index is -0.648. The highest BCUT2D eigenvalue weighted by atomic mass is 35.5. The molecule has 0 aliphatic rings. The largest absolute Gasteiger partial charge is 0.449 e. The van der Waals surface area contributed by atoms with Gasteiger partial charge in [0.1, 0.15) is 5.76 Å². The van der Waals surface area contributed by atoms with Crippen LogP contribution >= 0.6 is 34.8 Å². The standard InChI is InChI=1S/C14H7Cl3O3/c1-2-5-19-14(18)13-4-3-12(20-13)8-6-10(16)11(17)7-9(8)15/h1,3-4,6-7H,5H2. The molecule has 0 unspecified atom stereocenters. The zero-order chi connectivity index (χ0) is 14.7. The van der Waals surface area contributed by atoms with E-state index in [1.807, 2.05) is 0 Å². The van der Waals surface area contributed by atoms with E-state index in [-0.39, 0.29) is 12.4 Å². The molecule has 0 bridgehead atoms. The highest BCUT2D eigenvalue weighted by Crippen LogP contribution is 2.36. The molecular weight excluding hydrogens is 323 g/mol. The lowest BCUT2D eigenvalue weighted by Crippen LogP contribution is -2.03. The Kier molecular flexibility index (Phi) is 4.61. The van der Waals surface area contributed by atoms with Crippen LogP contribution in [-0.4, -0.2) is 12.6 Å². The molecule has 0 radical (unpaired) electrons. The van der Waals surface area contributed by atoms with Crippen molar-refractivity contribution in [3.63, 3.8) is 0 Å². The van der Waals surface area contributed by atoms with Crippen molar-refractivity contribution in [1.82, 2.24) is 0 Å². The Bertz CT molecular complexity index is 698. The number of ether oxygens (including phenoxy) is 1. The van der Waals surface area contributed by atoms with Crippen molar-refractivity contribution in [2.24, 2.45) is 0 Å². The monoisotopic (exact) mass is 328 g/mol. The summed E-state index contributed by atoms with van der Waals surface area (Å²) < 4.78 is 10.1. The summed E-state index contributed by atoms with van der Waals surface area (Å²) in [6.45, 7) is -0.123. The van der Waals surface area contributed by atoms with Crippen LogP contribution in [0.3, 0.4) is 0 Å². The van der Waals surface area contributed by atoms with Crippen molar-refractivity contribution < 1.29 is 13.9 Å². The van der Waals surface area contributed by atoms with Gasteiger partial charge in [0, 0.05) is 5.56 Å². The molecule has 0 N–H and O–H groups in total. The molecule has 0 saturated carbocycles. The molecule has 1 heterocycles. The van der Waals surface area contributed by atoms with Crippen LogP contribution in [0.2, 0.25) is 15.1 Å². The number of halogens is 3. The lowest BCUT2D eigenvalue weighted by Gasteiger charge is -2.03. The fourth-order valence-corrected chi connectivity index (χ4v) is 2.12. The maximum atomic E-state index is 11.6. The van der Waals surface area contributed by atoms with Crippen molar-refractivity contribution in [1.29, 1.82) is 0 Å². The van der Waals surface area contributed by atoms with Gasteiger partial charge in [0.2, 0.25) is 5.76 Å². The molecule has 2 aromatic rings. The van der Waals surface area contributed by atoms with Gasteiger partial charge in [-0.1, -0.05) is 40.7 Å². The quantitative estimate of drug-likeness (QED) is 0.465. The maximum absolute atomic E-state index is 11.6. The lowest BCUT2D eigenvalue weighted by molar-refractivity contribution is 0.0521. The number of rotatable bonds is 3. The Hall–Kier alpha value is -1.60. The van der Waals surface area contributed by atoms with Gasteiger partial charge in [-0.15, -0.1) is 6.42 Å².